The number of rotatable bonds is 6. The maximum Gasteiger partial charge on any atom is 0.244 e. The molecule has 1 aromatic carbocycles. The Morgan fingerprint density at radius 3 is 2.48 bits per heavy atom. The standard InChI is InChI=1S/C15H21N3O2S/c1-11(14-7-5-4-6-8-14)9-10-16-21(19,20)15-12(2)17-18-13(15)3/h4-8,11,16H,9-10H2,1-3H3,(H,17,18). The van der Waals surface area contributed by atoms with Crippen LogP contribution in [-0.2, 0) is 10.0 Å². The second-order valence-corrected chi connectivity index (χ2v) is 6.97. The first-order valence-corrected chi connectivity index (χ1v) is 8.46. The summed E-state index contributed by atoms with van der Waals surface area (Å²) in [6.07, 6.45) is 0.749. The van der Waals surface area contributed by atoms with Crippen molar-refractivity contribution in [2.45, 2.75) is 38.0 Å². The molecule has 0 amide bonds. The quantitative estimate of drug-likeness (QED) is 0.861. The molecule has 114 valence electrons. The summed E-state index contributed by atoms with van der Waals surface area (Å²) in [6, 6.07) is 10.1. The maximum atomic E-state index is 12.3. The molecule has 0 radical (unpaired) electrons. The third-order valence-corrected chi connectivity index (χ3v) is 5.29. The zero-order valence-corrected chi connectivity index (χ0v) is 13.4. The largest absolute Gasteiger partial charge is 0.281 e. The Balaban J connectivity index is 1.97. The Labute approximate surface area is 125 Å². The minimum atomic E-state index is -3.50. The van der Waals surface area contributed by atoms with Gasteiger partial charge in [0.1, 0.15) is 4.90 Å². The first-order valence-electron chi connectivity index (χ1n) is 6.98. The number of aryl methyl sites for hydroxylation is 2. The van der Waals surface area contributed by atoms with E-state index in [-0.39, 0.29) is 4.90 Å². The van der Waals surface area contributed by atoms with Gasteiger partial charge in [0, 0.05) is 6.54 Å². The van der Waals surface area contributed by atoms with Crippen LogP contribution in [0.4, 0.5) is 0 Å². The fourth-order valence-electron chi connectivity index (χ4n) is 2.37. The number of hydrogen-bond acceptors (Lipinski definition) is 3. The van der Waals surface area contributed by atoms with Crippen molar-refractivity contribution < 1.29 is 8.42 Å². The molecule has 0 aliphatic carbocycles. The van der Waals surface area contributed by atoms with Gasteiger partial charge in [0.15, 0.2) is 0 Å². The molecule has 0 bridgehead atoms. The lowest BCUT2D eigenvalue weighted by Gasteiger charge is -2.12. The Bertz CT molecular complexity index is 673. The molecule has 2 aromatic rings. The number of nitrogens with one attached hydrogen (secondary N) is 2. The third-order valence-electron chi connectivity index (χ3n) is 3.57. The van der Waals surface area contributed by atoms with E-state index in [1.54, 1.807) is 13.8 Å². The summed E-state index contributed by atoms with van der Waals surface area (Å²) >= 11 is 0. The van der Waals surface area contributed by atoms with Crippen LogP contribution in [0.15, 0.2) is 35.2 Å². The zero-order chi connectivity index (χ0) is 15.5. The molecule has 1 unspecified atom stereocenters. The van der Waals surface area contributed by atoms with E-state index in [1.165, 1.54) is 5.56 Å². The second kappa shape index (κ2) is 6.41. The molecule has 0 saturated carbocycles. The van der Waals surface area contributed by atoms with Crippen LogP contribution >= 0.6 is 0 Å². The highest BCUT2D eigenvalue weighted by molar-refractivity contribution is 7.89. The van der Waals surface area contributed by atoms with Gasteiger partial charge in [-0.05, 0) is 31.7 Å². The highest BCUT2D eigenvalue weighted by Gasteiger charge is 2.21. The van der Waals surface area contributed by atoms with Crippen molar-refractivity contribution >= 4 is 10.0 Å². The molecule has 0 saturated heterocycles. The van der Waals surface area contributed by atoms with E-state index in [2.05, 4.69) is 34.0 Å². The van der Waals surface area contributed by atoms with E-state index < -0.39 is 10.0 Å². The van der Waals surface area contributed by atoms with E-state index in [0.29, 0.717) is 23.9 Å². The van der Waals surface area contributed by atoms with Crippen molar-refractivity contribution in [3.8, 4) is 0 Å². The lowest BCUT2D eigenvalue weighted by molar-refractivity contribution is 0.571. The molecule has 0 fully saturated rings. The van der Waals surface area contributed by atoms with Gasteiger partial charge in [-0.25, -0.2) is 13.1 Å². The first-order chi connectivity index (χ1) is 9.92. The number of H-pyrrole nitrogens is 1. The summed E-state index contributed by atoms with van der Waals surface area (Å²) < 4.78 is 27.2. The van der Waals surface area contributed by atoms with Gasteiger partial charge in [-0.1, -0.05) is 37.3 Å². The molecule has 21 heavy (non-hydrogen) atoms. The average molecular weight is 307 g/mol. The van der Waals surface area contributed by atoms with Crippen LogP contribution in [0.25, 0.3) is 0 Å². The van der Waals surface area contributed by atoms with Crippen molar-refractivity contribution in [2.75, 3.05) is 6.54 Å². The van der Waals surface area contributed by atoms with Gasteiger partial charge >= 0.3 is 0 Å². The molecule has 1 heterocycles. The molecule has 0 aliphatic heterocycles. The molecule has 1 aromatic heterocycles. The number of hydrogen-bond donors (Lipinski definition) is 2. The average Bonchev–Trinajstić information content (AvgIpc) is 2.79. The van der Waals surface area contributed by atoms with Gasteiger partial charge in [-0.2, -0.15) is 5.10 Å². The van der Waals surface area contributed by atoms with Gasteiger partial charge in [-0.15, -0.1) is 0 Å². The van der Waals surface area contributed by atoms with Crippen LogP contribution in [0.1, 0.15) is 36.2 Å². The summed E-state index contributed by atoms with van der Waals surface area (Å²) in [4.78, 5) is 0.259. The first kappa shape index (κ1) is 15.7. The van der Waals surface area contributed by atoms with Gasteiger partial charge in [0.05, 0.1) is 11.4 Å². The van der Waals surface area contributed by atoms with E-state index in [1.807, 2.05) is 18.2 Å². The van der Waals surface area contributed by atoms with Crippen LogP contribution in [-0.4, -0.2) is 25.2 Å². The Kier molecular flexibility index (Phi) is 4.80. The van der Waals surface area contributed by atoms with Crippen LogP contribution in [0.3, 0.4) is 0 Å². The smallest absolute Gasteiger partial charge is 0.244 e. The number of nitrogens with zero attached hydrogens (tertiary/aromatic N) is 1. The molecule has 5 nitrogen and oxygen atoms in total. The second-order valence-electron chi connectivity index (χ2n) is 5.26. The van der Waals surface area contributed by atoms with Crippen molar-refractivity contribution in [3.05, 3.63) is 47.3 Å². The number of sulfonamides is 1. The molecule has 1 atom stereocenters. The summed E-state index contributed by atoms with van der Waals surface area (Å²) in [7, 11) is -3.50. The predicted molar refractivity (Wildman–Crippen MR) is 82.7 cm³/mol. The van der Waals surface area contributed by atoms with Crippen LogP contribution in [0.5, 0.6) is 0 Å². The van der Waals surface area contributed by atoms with Gasteiger partial charge in [0.25, 0.3) is 0 Å². The fraction of sp³-hybridized carbons (Fsp3) is 0.400. The predicted octanol–water partition coefficient (Wildman–Crippen LogP) is 2.50. The molecule has 0 aliphatic rings. The normalized spacial score (nSPS) is 13.3. The zero-order valence-electron chi connectivity index (χ0n) is 12.6. The van der Waals surface area contributed by atoms with E-state index in [0.717, 1.165) is 6.42 Å². The SMILES string of the molecule is Cc1n[nH]c(C)c1S(=O)(=O)NCCC(C)c1ccccc1. The van der Waals surface area contributed by atoms with Gasteiger partial charge in [-0.3, -0.25) is 5.10 Å². The number of aromatic amines is 1. The lowest BCUT2D eigenvalue weighted by Crippen LogP contribution is -2.26. The third kappa shape index (κ3) is 3.71. The molecule has 6 heteroatoms. The van der Waals surface area contributed by atoms with E-state index in [9.17, 15) is 8.42 Å². The van der Waals surface area contributed by atoms with Crippen molar-refractivity contribution in [2.24, 2.45) is 0 Å². The fourth-order valence-corrected chi connectivity index (χ4v) is 3.78. The van der Waals surface area contributed by atoms with Crippen molar-refractivity contribution in [3.63, 3.8) is 0 Å². The van der Waals surface area contributed by atoms with Gasteiger partial charge in [0.2, 0.25) is 10.0 Å². The Hall–Kier alpha value is -1.66. The van der Waals surface area contributed by atoms with Crippen LogP contribution in [0, 0.1) is 13.8 Å². The number of benzene rings is 1. The Morgan fingerprint density at radius 1 is 1.24 bits per heavy atom. The Morgan fingerprint density at radius 2 is 1.90 bits per heavy atom. The van der Waals surface area contributed by atoms with Gasteiger partial charge < -0.3 is 0 Å². The molecule has 2 rings (SSSR count). The molecule has 2 N–H and O–H groups in total. The summed E-state index contributed by atoms with van der Waals surface area (Å²) in [6.45, 7) is 5.90. The molecular formula is C15H21N3O2S. The highest BCUT2D eigenvalue weighted by Crippen LogP contribution is 2.19. The summed E-state index contributed by atoms with van der Waals surface area (Å²) in [5, 5.41) is 6.63. The summed E-state index contributed by atoms with van der Waals surface area (Å²) in [5.74, 6) is 0.306. The van der Waals surface area contributed by atoms with Crippen molar-refractivity contribution in [1.82, 2.24) is 14.9 Å². The van der Waals surface area contributed by atoms with E-state index >= 15 is 0 Å². The maximum absolute atomic E-state index is 12.3. The monoisotopic (exact) mass is 307 g/mol. The van der Waals surface area contributed by atoms with E-state index in [4.69, 9.17) is 0 Å². The van der Waals surface area contributed by atoms with Crippen LogP contribution in [0.2, 0.25) is 0 Å². The molecule has 0 spiro atoms. The minimum absolute atomic E-state index is 0.259. The topological polar surface area (TPSA) is 74.8 Å². The van der Waals surface area contributed by atoms with Crippen molar-refractivity contribution in [1.29, 1.82) is 0 Å². The lowest BCUT2D eigenvalue weighted by atomic mass is 9.98. The highest BCUT2D eigenvalue weighted by atomic mass is 32.2. The van der Waals surface area contributed by atoms with Crippen LogP contribution < -0.4 is 4.72 Å². The molecular weight excluding hydrogens is 286 g/mol. The number of aromatic nitrogens is 2. The summed E-state index contributed by atoms with van der Waals surface area (Å²) in [5.41, 5.74) is 2.28. The minimum Gasteiger partial charge on any atom is -0.281 e.